The normalized spacial score (nSPS) is 14.3. The van der Waals surface area contributed by atoms with Crippen LogP contribution in [0.15, 0.2) is 59.8 Å². The average molecular weight is 421 g/mol. The molecule has 1 aliphatic carbocycles. The van der Waals surface area contributed by atoms with Gasteiger partial charge in [0.15, 0.2) is 10.9 Å². The van der Waals surface area contributed by atoms with Crippen LogP contribution in [0.1, 0.15) is 54.4 Å². The molecule has 1 amide bonds. The molecule has 0 aliphatic heterocycles. The Balaban J connectivity index is 1.46. The first-order chi connectivity index (χ1) is 14.5. The highest BCUT2D eigenvalue weighted by Gasteiger charge is 2.31. The van der Waals surface area contributed by atoms with Crippen LogP contribution < -0.4 is 5.32 Å². The number of hydrogen-bond acceptors (Lipinski definition) is 5. The van der Waals surface area contributed by atoms with Crippen molar-refractivity contribution in [2.24, 2.45) is 0 Å². The lowest BCUT2D eigenvalue weighted by molar-refractivity contribution is -0.115. The number of amides is 1. The molecule has 1 aliphatic rings. The molecular weight excluding hydrogens is 396 g/mol. The summed E-state index contributed by atoms with van der Waals surface area (Å²) in [6.45, 7) is 4.08. The van der Waals surface area contributed by atoms with Crippen molar-refractivity contribution in [1.29, 1.82) is 0 Å². The molecule has 1 atom stereocenters. The smallest absolute Gasteiger partial charge is 0.237 e. The number of carbonyl (C=O) groups excluding carboxylic acids is 2. The first kappa shape index (κ1) is 20.3. The molecule has 154 valence electrons. The molecule has 1 aromatic heterocycles. The van der Waals surface area contributed by atoms with E-state index in [0.29, 0.717) is 23.7 Å². The van der Waals surface area contributed by atoms with Crippen molar-refractivity contribution in [1.82, 2.24) is 14.8 Å². The monoisotopic (exact) mass is 420 g/mol. The van der Waals surface area contributed by atoms with Gasteiger partial charge in [0.05, 0.1) is 11.8 Å². The van der Waals surface area contributed by atoms with E-state index in [1.165, 1.54) is 24.2 Å². The third kappa shape index (κ3) is 4.79. The second-order valence-corrected chi connectivity index (χ2v) is 8.88. The number of rotatable bonds is 8. The fourth-order valence-electron chi connectivity index (χ4n) is 3.19. The van der Waals surface area contributed by atoms with Gasteiger partial charge in [0.1, 0.15) is 5.82 Å². The Hall–Kier alpha value is -2.93. The zero-order valence-corrected chi connectivity index (χ0v) is 17.9. The first-order valence-electron chi connectivity index (χ1n) is 10.1. The van der Waals surface area contributed by atoms with Crippen molar-refractivity contribution in [3.8, 4) is 0 Å². The number of nitrogens with zero attached hydrogens (tertiary/aromatic N) is 3. The zero-order valence-electron chi connectivity index (χ0n) is 17.0. The molecule has 6 nitrogen and oxygen atoms in total. The van der Waals surface area contributed by atoms with E-state index >= 15 is 0 Å². The average Bonchev–Trinajstić information content (AvgIpc) is 3.52. The summed E-state index contributed by atoms with van der Waals surface area (Å²) in [7, 11) is 0. The highest BCUT2D eigenvalue weighted by Crippen LogP contribution is 2.40. The van der Waals surface area contributed by atoms with Crippen molar-refractivity contribution < 1.29 is 9.59 Å². The maximum atomic E-state index is 12.7. The first-order valence-corrected chi connectivity index (χ1v) is 10.9. The van der Waals surface area contributed by atoms with Crippen molar-refractivity contribution in [3.05, 3.63) is 71.5 Å². The molecule has 1 unspecified atom stereocenters. The number of thioether (sulfide) groups is 1. The minimum absolute atomic E-state index is 0.000944. The van der Waals surface area contributed by atoms with Crippen LogP contribution in [0, 0.1) is 0 Å². The van der Waals surface area contributed by atoms with E-state index in [2.05, 4.69) is 32.2 Å². The van der Waals surface area contributed by atoms with Crippen LogP contribution in [-0.2, 0) is 11.3 Å². The molecule has 30 heavy (non-hydrogen) atoms. The predicted molar refractivity (Wildman–Crippen MR) is 118 cm³/mol. The molecule has 4 rings (SSSR count). The van der Waals surface area contributed by atoms with Gasteiger partial charge >= 0.3 is 0 Å². The third-order valence-electron chi connectivity index (χ3n) is 5.08. The predicted octanol–water partition coefficient (Wildman–Crippen LogP) is 4.53. The number of aromatic nitrogens is 3. The van der Waals surface area contributed by atoms with Crippen LogP contribution in [0.3, 0.4) is 0 Å². The van der Waals surface area contributed by atoms with E-state index in [1.807, 2.05) is 25.1 Å². The van der Waals surface area contributed by atoms with E-state index < -0.39 is 0 Å². The fourth-order valence-corrected chi connectivity index (χ4v) is 4.04. The van der Waals surface area contributed by atoms with Crippen LogP contribution in [0.25, 0.3) is 0 Å². The van der Waals surface area contributed by atoms with Gasteiger partial charge in [0.25, 0.3) is 0 Å². The Kier molecular flexibility index (Phi) is 5.99. The minimum Gasteiger partial charge on any atom is -0.325 e. The highest BCUT2D eigenvalue weighted by molar-refractivity contribution is 8.00. The highest BCUT2D eigenvalue weighted by atomic mass is 32.2. The maximum Gasteiger partial charge on any atom is 0.237 e. The maximum absolute atomic E-state index is 12.7. The second kappa shape index (κ2) is 8.83. The lowest BCUT2D eigenvalue weighted by Gasteiger charge is -2.14. The minimum atomic E-state index is -0.344. The summed E-state index contributed by atoms with van der Waals surface area (Å²) in [5.74, 6) is 1.37. The van der Waals surface area contributed by atoms with Gasteiger partial charge < -0.3 is 9.88 Å². The molecule has 0 saturated heterocycles. The molecule has 1 fully saturated rings. The summed E-state index contributed by atoms with van der Waals surface area (Å²) in [5.41, 5.74) is 2.47. The van der Waals surface area contributed by atoms with Gasteiger partial charge in [-0.15, -0.1) is 10.2 Å². The molecule has 1 N–H and O–H groups in total. The van der Waals surface area contributed by atoms with Gasteiger partial charge in [0.2, 0.25) is 5.91 Å². The van der Waals surface area contributed by atoms with Crippen molar-refractivity contribution in [2.45, 2.75) is 49.6 Å². The Labute approximate surface area is 180 Å². The Morgan fingerprint density at radius 1 is 1.10 bits per heavy atom. The van der Waals surface area contributed by atoms with Gasteiger partial charge in [-0.3, -0.25) is 9.59 Å². The summed E-state index contributed by atoms with van der Waals surface area (Å²) in [5, 5.41) is 12.1. The van der Waals surface area contributed by atoms with Gasteiger partial charge in [-0.2, -0.15) is 0 Å². The SMILES string of the molecule is CC(=O)c1ccc(NC(=O)C(C)Sc2nnc(C3CC3)n2Cc2ccccc2)cc1. The fraction of sp³-hybridized carbons (Fsp3) is 0.304. The molecule has 3 aromatic rings. The number of nitrogens with one attached hydrogen (secondary N) is 1. The van der Waals surface area contributed by atoms with Gasteiger partial charge in [-0.1, -0.05) is 42.1 Å². The summed E-state index contributed by atoms with van der Waals surface area (Å²) in [4.78, 5) is 24.1. The molecular formula is C23H24N4O2S. The van der Waals surface area contributed by atoms with E-state index in [4.69, 9.17) is 0 Å². The van der Waals surface area contributed by atoms with Crippen LogP contribution in [0.5, 0.6) is 0 Å². The molecule has 0 spiro atoms. The number of carbonyl (C=O) groups is 2. The number of hydrogen-bond donors (Lipinski definition) is 1. The van der Waals surface area contributed by atoms with Crippen LogP contribution in [-0.4, -0.2) is 31.7 Å². The number of Topliss-reactive ketones (excluding diaryl/α,β-unsaturated/α-hetero) is 1. The van der Waals surface area contributed by atoms with Gasteiger partial charge in [-0.25, -0.2) is 0 Å². The Morgan fingerprint density at radius 3 is 2.43 bits per heavy atom. The van der Waals surface area contributed by atoms with E-state index in [0.717, 1.165) is 23.8 Å². The molecule has 0 bridgehead atoms. The topological polar surface area (TPSA) is 76.9 Å². The number of benzene rings is 2. The Morgan fingerprint density at radius 2 is 1.80 bits per heavy atom. The molecule has 1 heterocycles. The van der Waals surface area contributed by atoms with Gasteiger partial charge in [-0.05, 0) is 56.5 Å². The van der Waals surface area contributed by atoms with Crippen molar-refractivity contribution in [3.63, 3.8) is 0 Å². The Bertz CT molecular complexity index is 1040. The molecule has 2 aromatic carbocycles. The van der Waals surface area contributed by atoms with E-state index in [-0.39, 0.29) is 16.9 Å². The molecule has 7 heteroatoms. The lowest BCUT2D eigenvalue weighted by Crippen LogP contribution is -2.23. The summed E-state index contributed by atoms with van der Waals surface area (Å²) < 4.78 is 2.14. The number of ketones is 1. The zero-order chi connectivity index (χ0) is 21.1. The summed E-state index contributed by atoms with van der Waals surface area (Å²) in [6, 6.07) is 17.2. The van der Waals surface area contributed by atoms with E-state index in [9.17, 15) is 9.59 Å². The molecule has 1 saturated carbocycles. The van der Waals surface area contributed by atoms with Crippen LogP contribution in [0.4, 0.5) is 5.69 Å². The summed E-state index contributed by atoms with van der Waals surface area (Å²) >= 11 is 1.41. The van der Waals surface area contributed by atoms with Crippen LogP contribution in [0.2, 0.25) is 0 Å². The third-order valence-corrected chi connectivity index (χ3v) is 6.16. The lowest BCUT2D eigenvalue weighted by atomic mass is 10.1. The summed E-state index contributed by atoms with van der Waals surface area (Å²) in [6.07, 6.45) is 2.29. The quantitative estimate of drug-likeness (QED) is 0.428. The van der Waals surface area contributed by atoms with Gasteiger partial charge in [0, 0.05) is 17.2 Å². The van der Waals surface area contributed by atoms with Crippen LogP contribution >= 0.6 is 11.8 Å². The van der Waals surface area contributed by atoms with Crippen molar-refractivity contribution >= 4 is 29.1 Å². The van der Waals surface area contributed by atoms with E-state index in [1.54, 1.807) is 24.3 Å². The van der Waals surface area contributed by atoms with Crippen molar-refractivity contribution in [2.75, 3.05) is 5.32 Å². The number of anilines is 1. The standard InChI is InChI=1S/C23H24N4O2S/c1-15(28)18-10-12-20(13-11-18)24-22(29)16(2)30-23-26-25-21(19-8-9-19)27(23)14-17-6-4-3-5-7-17/h3-7,10-13,16,19H,8-9,14H2,1-2H3,(H,24,29). The second-order valence-electron chi connectivity index (χ2n) is 7.57. The molecule has 0 radical (unpaired) electrons. The largest absolute Gasteiger partial charge is 0.325 e.